The molecule has 0 unspecified atom stereocenters. The van der Waals surface area contributed by atoms with Gasteiger partial charge in [0.1, 0.15) is 11.1 Å². The van der Waals surface area contributed by atoms with Gasteiger partial charge >= 0.3 is 5.97 Å². The van der Waals surface area contributed by atoms with E-state index in [2.05, 4.69) is 26.0 Å². The number of carbonyl (C=O) groups excluding carboxylic acids is 2. The summed E-state index contributed by atoms with van der Waals surface area (Å²) in [5, 5.41) is 25.3. The third-order valence-corrected chi connectivity index (χ3v) is 8.88. The number of methoxy groups -OCH3 is 1. The number of H-pyrrole nitrogens is 1. The molecule has 1 fully saturated rings. The van der Waals surface area contributed by atoms with E-state index in [1.807, 2.05) is 0 Å². The average Bonchev–Trinajstić information content (AvgIpc) is 3.39. The number of tetrazole rings is 1. The number of halogens is 1. The number of β-lactam (4-membered cyclic amide) rings is 1. The predicted molar refractivity (Wildman–Crippen MR) is 126 cm³/mol. The molecule has 2 aliphatic heterocycles. The zero-order valence-electron chi connectivity index (χ0n) is 18.1. The third-order valence-electron chi connectivity index (χ3n) is 5.09. The number of hydrogen-bond donors (Lipinski definition) is 3. The highest BCUT2D eigenvalue weighted by Gasteiger charge is 2.66. The van der Waals surface area contributed by atoms with Crippen molar-refractivity contribution >= 4 is 64.7 Å². The Morgan fingerprint density at radius 2 is 2.20 bits per heavy atom. The van der Waals surface area contributed by atoms with Gasteiger partial charge in [-0.2, -0.15) is 5.16 Å². The largest absolute Gasteiger partial charge is 0.477 e. The van der Waals surface area contributed by atoms with Crippen LogP contribution in [-0.2, 0) is 31.9 Å². The van der Waals surface area contributed by atoms with Crippen LogP contribution in [0, 0.1) is 0 Å². The fourth-order valence-corrected chi connectivity index (χ4v) is 6.85. The first-order valence-corrected chi connectivity index (χ1v) is 13.3. The fraction of sp³-hybridized carbons (Fsp3) is 0.471. The number of thioether (sulfide) groups is 3. The van der Waals surface area contributed by atoms with Crippen LogP contribution in [0.15, 0.2) is 25.7 Å². The van der Waals surface area contributed by atoms with Gasteiger partial charge in [0.05, 0.1) is 11.5 Å². The van der Waals surface area contributed by atoms with Gasteiger partial charge in [-0.3, -0.25) is 19.3 Å². The normalized spacial score (nSPS) is 21.6. The summed E-state index contributed by atoms with van der Waals surface area (Å²) in [6.45, 7) is 0. The van der Waals surface area contributed by atoms with E-state index in [0.717, 1.165) is 16.7 Å². The Kier molecular flexibility index (Phi) is 7.51. The summed E-state index contributed by atoms with van der Waals surface area (Å²) in [5.74, 6) is -1.63. The standard InChI is InChI=1S/C17H18ClN7O7S3/c1-24-16(20-22-23-24)35-4-7-3-34-15-17(31-2,14(30)25(15)11(7)13(28)29)19-9(26)6-33-5-8-10(18)12(27)21-32-8/h15H,3-6H2,1-2H3,(H,19,26)(H,21,27)(H,28,29)/t15-,17+/m1/s1. The number of carboxylic acids is 1. The van der Waals surface area contributed by atoms with Gasteiger partial charge in [-0.25, -0.2) is 9.48 Å². The Hall–Kier alpha value is -2.47. The number of nitrogens with one attached hydrogen (secondary N) is 2. The van der Waals surface area contributed by atoms with E-state index in [4.69, 9.17) is 20.9 Å². The lowest BCUT2D eigenvalue weighted by Gasteiger charge is -2.55. The molecule has 2 atom stereocenters. The minimum atomic E-state index is -1.70. The van der Waals surface area contributed by atoms with Crippen molar-refractivity contribution in [3.63, 3.8) is 0 Å². The van der Waals surface area contributed by atoms with Crippen LogP contribution in [0.25, 0.3) is 0 Å². The Bertz CT molecular complexity index is 1260. The molecule has 2 aromatic heterocycles. The molecule has 0 aromatic carbocycles. The lowest BCUT2D eigenvalue weighted by molar-refractivity contribution is -0.192. The van der Waals surface area contributed by atoms with Gasteiger partial charge in [0.25, 0.3) is 17.2 Å². The van der Waals surface area contributed by atoms with Crippen molar-refractivity contribution in [2.75, 3.05) is 24.4 Å². The van der Waals surface area contributed by atoms with E-state index in [0.29, 0.717) is 16.5 Å². The Morgan fingerprint density at radius 3 is 2.80 bits per heavy atom. The third kappa shape index (κ3) is 4.69. The van der Waals surface area contributed by atoms with Crippen molar-refractivity contribution in [2.45, 2.75) is 22.0 Å². The monoisotopic (exact) mass is 563 g/mol. The van der Waals surface area contributed by atoms with Crippen LogP contribution in [0.5, 0.6) is 0 Å². The molecule has 3 N–H and O–H groups in total. The molecule has 0 spiro atoms. The molecule has 4 heterocycles. The van der Waals surface area contributed by atoms with E-state index in [-0.39, 0.29) is 33.7 Å². The molecule has 14 nitrogen and oxygen atoms in total. The van der Waals surface area contributed by atoms with Gasteiger partial charge in [-0.15, -0.1) is 28.6 Å². The molecule has 0 saturated carbocycles. The first kappa shape index (κ1) is 25.6. The number of aryl methyl sites for hydroxylation is 1. The molecule has 0 radical (unpaired) electrons. The first-order chi connectivity index (χ1) is 16.7. The van der Waals surface area contributed by atoms with Crippen molar-refractivity contribution in [1.29, 1.82) is 0 Å². The van der Waals surface area contributed by atoms with Gasteiger partial charge in [-0.1, -0.05) is 23.4 Å². The zero-order chi connectivity index (χ0) is 25.3. The van der Waals surface area contributed by atoms with E-state index in [1.54, 1.807) is 7.05 Å². The maximum Gasteiger partial charge on any atom is 0.352 e. The summed E-state index contributed by atoms with van der Waals surface area (Å²) in [6.07, 6.45) is 0. The topological polar surface area (TPSA) is 186 Å². The van der Waals surface area contributed by atoms with E-state index in [1.165, 1.54) is 35.3 Å². The Balaban J connectivity index is 1.43. The van der Waals surface area contributed by atoms with Crippen LogP contribution < -0.4 is 10.9 Å². The second kappa shape index (κ2) is 10.3. The first-order valence-electron chi connectivity index (χ1n) is 9.75. The van der Waals surface area contributed by atoms with Crippen LogP contribution in [0.1, 0.15) is 5.76 Å². The average molecular weight is 564 g/mol. The number of amides is 2. The minimum Gasteiger partial charge on any atom is -0.477 e. The SMILES string of the molecule is CO[C@@]1(NC(=O)CSCc2o[nH]c(=O)c2Cl)C(=O)N2C(C(=O)O)=C(CSc3nnnn3C)CS[C@@H]21. The van der Waals surface area contributed by atoms with Crippen LogP contribution in [0.4, 0.5) is 0 Å². The number of carboxylic acid groups (broad SMARTS) is 1. The van der Waals surface area contributed by atoms with Crippen LogP contribution in [-0.4, -0.2) is 88.6 Å². The summed E-state index contributed by atoms with van der Waals surface area (Å²) < 4.78 is 11.8. The maximum absolute atomic E-state index is 13.1. The van der Waals surface area contributed by atoms with Gasteiger partial charge in [0.2, 0.25) is 11.1 Å². The Labute approximate surface area is 214 Å². The highest BCUT2D eigenvalue weighted by Crippen LogP contribution is 2.47. The van der Waals surface area contributed by atoms with Crippen molar-refractivity contribution in [1.82, 2.24) is 35.6 Å². The summed E-state index contributed by atoms with van der Waals surface area (Å²) in [4.78, 5) is 50.2. The van der Waals surface area contributed by atoms with Crippen LogP contribution in [0.3, 0.4) is 0 Å². The van der Waals surface area contributed by atoms with Crippen molar-refractivity contribution in [3.05, 3.63) is 32.4 Å². The van der Waals surface area contributed by atoms with Gasteiger partial charge in [-0.05, 0) is 16.0 Å². The molecule has 2 amide bonds. The number of fused-ring (bicyclic) bond motifs is 1. The molecule has 4 rings (SSSR count). The highest BCUT2D eigenvalue weighted by atomic mass is 35.5. The maximum atomic E-state index is 13.1. The number of rotatable bonds is 10. The minimum absolute atomic E-state index is 0.0871. The number of aromatic amines is 1. The van der Waals surface area contributed by atoms with Crippen molar-refractivity contribution in [3.8, 4) is 0 Å². The summed E-state index contributed by atoms with van der Waals surface area (Å²) in [5.41, 5.74) is -1.88. The van der Waals surface area contributed by atoms with Gasteiger partial charge in [0, 0.05) is 25.7 Å². The summed E-state index contributed by atoms with van der Waals surface area (Å²) >= 11 is 9.44. The van der Waals surface area contributed by atoms with Crippen LogP contribution in [0.2, 0.25) is 5.02 Å². The van der Waals surface area contributed by atoms with Crippen molar-refractivity contribution in [2.24, 2.45) is 7.05 Å². The fourth-order valence-electron chi connectivity index (χ4n) is 3.45. The lowest BCUT2D eigenvalue weighted by atomic mass is 9.98. The molecule has 2 aliphatic rings. The molecule has 0 aliphatic carbocycles. The van der Waals surface area contributed by atoms with Crippen LogP contribution >= 0.6 is 46.9 Å². The molecule has 0 bridgehead atoms. The summed E-state index contributed by atoms with van der Waals surface area (Å²) in [7, 11) is 2.93. The number of aliphatic carboxylic acids is 1. The predicted octanol–water partition coefficient (Wildman–Crippen LogP) is -0.117. The Morgan fingerprint density at radius 1 is 1.43 bits per heavy atom. The van der Waals surface area contributed by atoms with E-state index < -0.39 is 34.4 Å². The number of hydrogen-bond acceptors (Lipinski definition) is 12. The molecular weight excluding hydrogens is 546 g/mol. The van der Waals surface area contributed by atoms with Gasteiger partial charge in [0.15, 0.2) is 10.8 Å². The second-order valence-electron chi connectivity index (χ2n) is 7.22. The number of nitrogens with zero attached hydrogens (tertiary/aromatic N) is 5. The molecule has 35 heavy (non-hydrogen) atoms. The number of aromatic nitrogens is 5. The quantitative estimate of drug-likeness (QED) is 0.197. The zero-order valence-corrected chi connectivity index (χ0v) is 21.3. The smallest absolute Gasteiger partial charge is 0.352 e. The summed E-state index contributed by atoms with van der Waals surface area (Å²) in [6, 6.07) is 0. The molecule has 18 heteroatoms. The molecule has 1 saturated heterocycles. The van der Waals surface area contributed by atoms with Crippen molar-refractivity contribution < 1.29 is 28.8 Å². The molecule has 2 aromatic rings. The molecular formula is C17H18ClN7O7S3. The number of carbonyl (C=O) groups is 3. The van der Waals surface area contributed by atoms with E-state index in [9.17, 15) is 24.3 Å². The molecule has 188 valence electrons. The van der Waals surface area contributed by atoms with Gasteiger partial charge < -0.3 is 19.7 Å². The second-order valence-corrected chi connectivity index (χ2v) is 10.6. The number of ether oxygens (including phenoxy) is 1. The lowest BCUT2D eigenvalue weighted by Crippen LogP contribution is -2.80. The van der Waals surface area contributed by atoms with E-state index >= 15 is 0 Å². The highest BCUT2D eigenvalue weighted by molar-refractivity contribution is 8.01.